The molecule has 1 fully saturated rings. The molecule has 1 aromatic carbocycles. The van der Waals surface area contributed by atoms with E-state index in [1.165, 1.54) is 4.52 Å². The van der Waals surface area contributed by atoms with Gasteiger partial charge in [-0.05, 0) is 25.5 Å². The minimum absolute atomic E-state index is 0.0533. The quantitative estimate of drug-likeness (QED) is 0.690. The summed E-state index contributed by atoms with van der Waals surface area (Å²) in [5.74, 6) is -0.725. The smallest absolute Gasteiger partial charge is 0.417 e. The zero-order chi connectivity index (χ0) is 20.5. The van der Waals surface area contributed by atoms with Gasteiger partial charge >= 0.3 is 6.09 Å². The van der Waals surface area contributed by atoms with Crippen molar-refractivity contribution in [1.82, 2.24) is 29.8 Å². The number of carbonyl (C=O) groups is 3. The molecule has 3 amide bonds. The van der Waals surface area contributed by atoms with Gasteiger partial charge in [0.1, 0.15) is 0 Å². The fourth-order valence-electron chi connectivity index (χ4n) is 3.15. The molecular weight excluding hydrogens is 376 g/mol. The van der Waals surface area contributed by atoms with Crippen LogP contribution in [-0.4, -0.2) is 55.5 Å². The molecule has 0 spiro atoms. The van der Waals surface area contributed by atoms with Gasteiger partial charge in [0.05, 0.1) is 12.6 Å². The summed E-state index contributed by atoms with van der Waals surface area (Å²) in [5, 5.41) is 7.03. The molecule has 2 aromatic heterocycles. The van der Waals surface area contributed by atoms with E-state index in [-0.39, 0.29) is 19.0 Å². The van der Waals surface area contributed by atoms with Crippen LogP contribution in [0.1, 0.15) is 33.6 Å². The number of rotatable bonds is 5. The maximum absolute atomic E-state index is 12.8. The highest BCUT2D eigenvalue weighted by atomic mass is 16.6. The van der Waals surface area contributed by atoms with E-state index >= 15 is 0 Å². The van der Waals surface area contributed by atoms with E-state index in [9.17, 15) is 14.4 Å². The third-order valence-electron chi connectivity index (χ3n) is 4.53. The molecule has 1 N–H and O–H groups in total. The Bertz CT molecular complexity index is 1090. The van der Waals surface area contributed by atoms with Crippen molar-refractivity contribution in [3.8, 4) is 0 Å². The Balaban J connectivity index is 1.62. The average Bonchev–Trinajstić information content (AvgIpc) is 3.26. The number of hydrogen-bond donors (Lipinski definition) is 1. The Hall–Kier alpha value is -3.82. The molecule has 0 saturated carbocycles. The number of aryl methyl sites for hydroxylation is 2. The molecule has 29 heavy (non-hydrogen) atoms. The number of ether oxygens (including phenoxy) is 1. The van der Waals surface area contributed by atoms with Gasteiger partial charge in [-0.1, -0.05) is 30.3 Å². The summed E-state index contributed by atoms with van der Waals surface area (Å²) in [6.45, 7) is 3.32. The molecule has 10 nitrogen and oxygen atoms in total. The summed E-state index contributed by atoms with van der Waals surface area (Å²) in [6.07, 6.45) is -0.730. The highest BCUT2D eigenvalue weighted by molar-refractivity contribution is 5.98. The lowest BCUT2D eigenvalue weighted by Crippen LogP contribution is -2.40. The van der Waals surface area contributed by atoms with Crippen molar-refractivity contribution < 1.29 is 19.1 Å². The zero-order valence-corrected chi connectivity index (χ0v) is 15.8. The van der Waals surface area contributed by atoms with Gasteiger partial charge in [0.15, 0.2) is 6.61 Å². The molecule has 1 aliphatic rings. The maximum atomic E-state index is 12.8. The summed E-state index contributed by atoms with van der Waals surface area (Å²) < 4.78 is 6.24. The second-order valence-electron chi connectivity index (χ2n) is 6.68. The van der Waals surface area contributed by atoms with Gasteiger partial charge in [-0.3, -0.25) is 9.59 Å². The molecule has 1 aliphatic heterocycles. The molecule has 148 valence electrons. The number of carbonyl (C=O) groups excluding carboxylic acids is 3. The van der Waals surface area contributed by atoms with Crippen LogP contribution >= 0.6 is 0 Å². The van der Waals surface area contributed by atoms with Crippen molar-refractivity contribution in [3.63, 3.8) is 0 Å². The third kappa shape index (κ3) is 3.64. The van der Waals surface area contributed by atoms with E-state index in [1.807, 2.05) is 26.0 Å². The molecule has 4 rings (SSSR count). The molecule has 0 radical (unpaired) electrons. The van der Waals surface area contributed by atoms with Gasteiger partial charge in [0, 0.05) is 11.4 Å². The first kappa shape index (κ1) is 18.5. The predicted molar refractivity (Wildman–Crippen MR) is 100.0 cm³/mol. The lowest BCUT2D eigenvalue weighted by atomic mass is 10.1. The number of hydrogen-bond acceptors (Lipinski definition) is 7. The summed E-state index contributed by atoms with van der Waals surface area (Å²) >= 11 is 0. The van der Waals surface area contributed by atoms with Crippen molar-refractivity contribution in [2.75, 3.05) is 13.2 Å². The van der Waals surface area contributed by atoms with Gasteiger partial charge in [-0.15, -0.1) is 5.10 Å². The second-order valence-corrected chi connectivity index (χ2v) is 6.68. The number of cyclic esters (lactones) is 1. The van der Waals surface area contributed by atoms with Crippen molar-refractivity contribution >= 4 is 23.7 Å². The highest BCUT2D eigenvalue weighted by Gasteiger charge is 2.34. The van der Waals surface area contributed by atoms with Crippen LogP contribution in [0.3, 0.4) is 0 Å². The van der Waals surface area contributed by atoms with Crippen LogP contribution in [0.4, 0.5) is 4.79 Å². The molecular formula is C19H18N6O4. The largest absolute Gasteiger partial charge is 0.439 e. The average molecular weight is 394 g/mol. The molecule has 0 aliphatic carbocycles. The summed E-state index contributed by atoms with van der Waals surface area (Å²) in [7, 11) is 0. The monoisotopic (exact) mass is 394 g/mol. The number of fused-ring (bicyclic) bond motifs is 1. The minimum Gasteiger partial charge on any atom is -0.439 e. The van der Waals surface area contributed by atoms with Crippen LogP contribution in [0.2, 0.25) is 0 Å². The molecule has 0 bridgehead atoms. The van der Waals surface area contributed by atoms with Gasteiger partial charge in [-0.2, -0.15) is 4.98 Å². The van der Waals surface area contributed by atoms with Crippen LogP contribution in [0, 0.1) is 13.8 Å². The Morgan fingerprint density at radius 3 is 2.66 bits per heavy atom. The Morgan fingerprint density at radius 2 is 1.97 bits per heavy atom. The summed E-state index contributed by atoms with van der Waals surface area (Å²) in [5.41, 5.74) is 2.29. The number of nitrogens with one attached hydrogen (secondary N) is 1. The first-order chi connectivity index (χ1) is 13.9. The number of imide groups is 1. The van der Waals surface area contributed by atoms with E-state index < -0.39 is 23.9 Å². The van der Waals surface area contributed by atoms with Gasteiger partial charge in [-0.25, -0.2) is 19.2 Å². The van der Waals surface area contributed by atoms with Gasteiger partial charge in [0.25, 0.3) is 17.6 Å². The van der Waals surface area contributed by atoms with Crippen LogP contribution in [-0.2, 0) is 9.53 Å². The molecule has 1 atom stereocenters. The van der Waals surface area contributed by atoms with Crippen LogP contribution in [0.5, 0.6) is 0 Å². The zero-order valence-electron chi connectivity index (χ0n) is 15.8. The van der Waals surface area contributed by atoms with Crippen LogP contribution < -0.4 is 5.32 Å². The van der Waals surface area contributed by atoms with E-state index in [1.54, 1.807) is 24.3 Å². The van der Waals surface area contributed by atoms with E-state index in [4.69, 9.17) is 4.74 Å². The number of nitrogens with zero attached hydrogens (tertiary/aromatic N) is 5. The standard InChI is InChI=1S/C19H18N6O4/c1-11-8-12(2)25-18(20-11)22-16(23-25)17(27)21-14(13-6-4-3-5-7-13)9-24-15(26)10-29-19(24)28/h3-8,14H,9-10H2,1-2H3,(H,21,27). The van der Waals surface area contributed by atoms with E-state index in [2.05, 4.69) is 20.4 Å². The van der Waals surface area contributed by atoms with Gasteiger partial charge < -0.3 is 10.1 Å². The Morgan fingerprint density at radius 1 is 1.21 bits per heavy atom. The number of benzene rings is 1. The highest BCUT2D eigenvalue weighted by Crippen LogP contribution is 2.18. The molecule has 10 heteroatoms. The van der Waals surface area contributed by atoms with E-state index in [0.717, 1.165) is 21.9 Å². The number of aromatic nitrogens is 4. The third-order valence-corrected chi connectivity index (χ3v) is 4.53. The van der Waals surface area contributed by atoms with Gasteiger partial charge in [0.2, 0.25) is 5.82 Å². The minimum atomic E-state index is -0.730. The van der Waals surface area contributed by atoms with Crippen LogP contribution in [0.25, 0.3) is 5.78 Å². The van der Waals surface area contributed by atoms with E-state index in [0.29, 0.717) is 5.78 Å². The normalized spacial score (nSPS) is 14.9. The lowest BCUT2D eigenvalue weighted by molar-refractivity contribution is -0.126. The van der Waals surface area contributed by atoms with Crippen molar-refractivity contribution in [2.24, 2.45) is 0 Å². The predicted octanol–water partition coefficient (Wildman–Crippen LogP) is 1.19. The fourth-order valence-corrected chi connectivity index (χ4v) is 3.15. The topological polar surface area (TPSA) is 119 Å². The summed E-state index contributed by atoms with van der Waals surface area (Å²) in [4.78, 5) is 46.0. The lowest BCUT2D eigenvalue weighted by Gasteiger charge is -2.22. The van der Waals surface area contributed by atoms with Crippen molar-refractivity contribution in [1.29, 1.82) is 0 Å². The van der Waals surface area contributed by atoms with Crippen LogP contribution in [0.15, 0.2) is 36.4 Å². The summed E-state index contributed by atoms with van der Waals surface area (Å²) in [6, 6.07) is 10.2. The maximum Gasteiger partial charge on any atom is 0.417 e. The molecule has 3 aromatic rings. The van der Waals surface area contributed by atoms with Crippen molar-refractivity contribution in [3.05, 3.63) is 59.2 Å². The Labute approximate surface area is 165 Å². The molecule has 1 unspecified atom stereocenters. The first-order valence-electron chi connectivity index (χ1n) is 8.96. The number of amides is 3. The SMILES string of the molecule is Cc1cc(C)n2nc(C(=O)NC(CN3C(=O)COC3=O)c3ccccc3)nc2n1. The first-order valence-corrected chi connectivity index (χ1v) is 8.96. The second kappa shape index (κ2) is 7.30. The fraction of sp³-hybridized carbons (Fsp3) is 0.263. The molecule has 3 heterocycles. The Kier molecular flexibility index (Phi) is 4.67. The molecule has 1 saturated heterocycles. The van der Waals surface area contributed by atoms with Crippen molar-refractivity contribution in [2.45, 2.75) is 19.9 Å².